The topological polar surface area (TPSA) is 34.1 Å². The van der Waals surface area contributed by atoms with Crippen LogP contribution in [0, 0.1) is 0 Å². The number of carbonyl (C=O) groups excluding carboxylic acids is 2. The van der Waals surface area contributed by atoms with Crippen molar-refractivity contribution < 1.29 is 9.59 Å². The molecular formula is C11H12Cl2O2Si. The average Bonchev–Trinajstić information content (AvgIpc) is 2.15. The predicted molar refractivity (Wildman–Crippen MR) is 69.8 cm³/mol. The van der Waals surface area contributed by atoms with Gasteiger partial charge in [-0.3, -0.25) is 9.59 Å². The van der Waals surface area contributed by atoms with Gasteiger partial charge in [-0.25, -0.2) is 0 Å². The van der Waals surface area contributed by atoms with E-state index in [0.717, 1.165) is 5.19 Å². The summed E-state index contributed by atoms with van der Waals surface area (Å²) in [5.74, 6) is 0. The lowest BCUT2D eigenvalue weighted by molar-refractivity contribution is 0.107. The van der Waals surface area contributed by atoms with Crippen molar-refractivity contribution >= 4 is 46.9 Å². The first-order valence-corrected chi connectivity index (χ1v) is 9.03. The van der Waals surface area contributed by atoms with Gasteiger partial charge in [-0.1, -0.05) is 25.7 Å². The fourth-order valence-electron chi connectivity index (χ4n) is 1.46. The van der Waals surface area contributed by atoms with E-state index in [0.29, 0.717) is 11.1 Å². The number of benzene rings is 1. The Bertz CT molecular complexity index is 450. The standard InChI is InChI=1S/C11H12Cl2O2Si/c1-16(2,3)9-6-7(10(12)14)4-5-8(9)11(13)15/h4-6H,1-3H3. The maximum absolute atomic E-state index is 11.3. The van der Waals surface area contributed by atoms with Crippen molar-refractivity contribution in [1.82, 2.24) is 0 Å². The summed E-state index contributed by atoms with van der Waals surface area (Å²) in [4.78, 5) is 22.3. The van der Waals surface area contributed by atoms with Gasteiger partial charge in [0, 0.05) is 11.1 Å². The van der Waals surface area contributed by atoms with Gasteiger partial charge in [0.05, 0.1) is 8.07 Å². The van der Waals surface area contributed by atoms with Crippen molar-refractivity contribution in [3.8, 4) is 0 Å². The Labute approximate surface area is 106 Å². The van der Waals surface area contributed by atoms with Gasteiger partial charge < -0.3 is 0 Å². The molecule has 0 N–H and O–H groups in total. The monoisotopic (exact) mass is 274 g/mol. The summed E-state index contributed by atoms with van der Waals surface area (Å²) in [6, 6.07) is 4.77. The van der Waals surface area contributed by atoms with Crippen LogP contribution >= 0.6 is 23.2 Å². The molecule has 0 saturated heterocycles. The molecule has 1 aromatic rings. The Morgan fingerprint density at radius 2 is 1.62 bits per heavy atom. The fourth-order valence-corrected chi connectivity index (χ4v) is 3.41. The highest BCUT2D eigenvalue weighted by molar-refractivity contribution is 6.90. The minimum Gasteiger partial charge on any atom is -0.276 e. The SMILES string of the molecule is C[Si](C)(C)c1cc(C(=O)Cl)ccc1C(=O)Cl. The van der Waals surface area contributed by atoms with E-state index < -0.39 is 18.6 Å². The molecule has 1 rings (SSSR count). The van der Waals surface area contributed by atoms with E-state index in [9.17, 15) is 9.59 Å². The molecule has 0 aromatic heterocycles. The third-order valence-corrected chi connectivity index (χ3v) is 4.72. The first kappa shape index (κ1) is 13.4. The van der Waals surface area contributed by atoms with E-state index >= 15 is 0 Å². The summed E-state index contributed by atoms with van der Waals surface area (Å²) < 4.78 is 0. The van der Waals surface area contributed by atoms with Crippen molar-refractivity contribution in [2.75, 3.05) is 0 Å². The molecule has 0 radical (unpaired) electrons. The van der Waals surface area contributed by atoms with Gasteiger partial charge in [-0.2, -0.15) is 0 Å². The first-order chi connectivity index (χ1) is 7.23. The second-order valence-electron chi connectivity index (χ2n) is 4.56. The Hall–Kier alpha value is -0.643. The van der Waals surface area contributed by atoms with E-state index in [1.54, 1.807) is 12.1 Å². The number of halogens is 2. The van der Waals surface area contributed by atoms with Gasteiger partial charge in [0.25, 0.3) is 10.5 Å². The van der Waals surface area contributed by atoms with Gasteiger partial charge in [0.2, 0.25) is 0 Å². The minimum absolute atomic E-state index is 0.403. The molecule has 86 valence electrons. The molecule has 1 aromatic carbocycles. The third kappa shape index (κ3) is 2.94. The van der Waals surface area contributed by atoms with Crippen molar-refractivity contribution in [2.45, 2.75) is 19.6 Å². The molecule has 16 heavy (non-hydrogen) atoms. The van der Waals surface area contributed by atoms with Gasteiger partial charge >= 0.3 is 0 Å². The number of rotatable bonds is 3. The van der Waals surface area contributed by atoms with Crippen LogP contribution in [0.15, 0.2) is 18.2 Å². The van der Waals surface area contributed by atoms with Crippen LogP contribution in [0.3, 0.4) is 0 Å². The number of hydrogen-bond donors (Lipinski definition) is 0. The van der Waals surface area contributed by atoms with Crippen LogP contribution in [-0.4, -0.2) is 18.6 Å². The lowest BCUT2D eigenvalue weighted by Gasteiger charge is -2.19. The van der Waals surface area contributed by atoms with Crippen LogP contribution in [0.25, 0.3) is 0 Å². The van der Waals surface area contributed by atoms with Gasteiger partial charge in [0.1, 0.15) is 0 Å². The maximum Gasteiger partial charge on any atom is 0.252 e. The summed E-state index contributed by atoms with van der Waals surface area (Å²) in [6.45, 7) is 6.23. The summed E-state index contributed by atoms with van der Waals surface area (Å²) in [6.07, 6.45) is 0. The fraction of sp³-hybridized carbons (Fsp3) is 0.273. The van der Waals surface area contributed by atoms with E-state index in [1.165, 1.54) is 6.07 Å². The van der Waals surface area contributed by atoms with Crippen LogP contribution in [0.2, 0.25) is 19.6 Å². The average molecular weight is 275 g/mol. The minimum atomic E-state index is -1.73. The summed E-state index contributed by atoms with van der Waals surface area (Å²) in [7, 11) is -1.73. The molecule has 0 saturated carbocycles. The Morgan fingerprint density at radius 1 is 1.06 bits per heavy atom. The maximum atomic E-state index is 11.3. The van der Waals surface area contributed by atoms with Crippen molar-refractivity contribution in [3.63, 3.8) is 0 Å². The first-order valence-electron chi connectivity index (χ1n) is 4.77. The Kier molecular flexibility index (Phi) is 3.94. The molecule has 0 heterocycles. The normalized spacial score (nSPS) is 11.3. The summed E-state index contributed by atoms with van der Waals surface area (Å²) in [5.41, 5.74) is 0.878. The molecule has 5 heteroatoms. The van der Waals surface area contributed by atoms with Crippen molar-refractivity contribution in [3.05, 3.63) is 29.3 Å². The molecular weight excluding hydrogens is 263 g/mol. The lowest BCUT2D eigenvalue weighted by Crippen LogP contribution is -2.41. The molecule has 0 amide bonds. The van der Waals surface area contributed by atoms with Gasteiger partial charge in [-0.15, -0.1) is 0 Å². The largest absolute Gasteiger partial charge is 0.276 e. The van der Waals surface area contributed by atoms with Gasteiger partial charge in [0.15, 0.2) is 0 Å². The molecule has 0 fully saturated rings. The van der Waals surface area contributed by atoms with E-state index in [-0.39, 0.29) is 0 Å². The quantitative estimate of drug-likeness (QED) is 0.627. The highest BCUT2D eigenvalue weighted by Gasteiger charge is 2.23. The zero-order valence-electron chi connectivity index (χ0n) is 9.30. The van der Waals surface area contributed by atoms with Crippen LogP contribution < -0.4 is 5.19 Å². The molecule has 0 aliphatic rings. The molecule has 0 spiro atoms. The van der Waals surface area contributed by atoms with Crippen LogP contribution in [0.4, 0.5) is 0 Å². The zero-order valence-corrected chi connectivity index (χ0v) is 11.8. The smallest absolute Gasteiger partial charge is 0.252 e. The lowest BCUT2D eigenvalue weighted by atomic mass is 10.1. The second kappa shape index (κ2) is 4.70. The van der Waals surface area contributed by atoms with Crippen LogP contribution in [0.1, 0.15) is 20.7 Å². The number of hydrogen-bond acceptors (Lipinski definition) is 2. The number of carbonyl (C=O) groups is 2. The van der Waals surface area contributed by atoms with Gasteiger partial charge in [-0.05, 0) is 40.5 Å². The molecule has 0 aliphatic carbocycles. The highest BCUT2D eigenvalue weighted by Crippen LogP contribution is 2.13. The molecule has 0 unspecified atom stereocenters. The van der Waals surface area contributed by atoms with E-state index in [2.05, 4.69) is 19.6 Å². The third-order valence-electron chi connectivity index (χ3n) is 2.27. The second-order valence-corrected chi connectivity index (χ2v) is 10.3. The predicted octanol–water partition coefficient (Wildman–Crippen LogP) is 2.99. The molecule has 0 atom stereocenters. The van der Waals surface area contributed by atoms with Crippen molar-refractivity contribution in [1.29, 1.82) is 0 Å². The van der Waals surface area contributed by atoms with Crippen LogP contribution in [0.5, 0.6) is 0 Å². The van der Waals surface area contributed by atoms with Crippen molar-refractivity contribution in [2.24, 2.45) is 0 Å². The summed E-state index contributed by atoms with van der Waals surface area (Å²) >= 11 is 10.9. The molecule has 0 aliphatic heterocycles. The van der Waals surface area contributed by atoms with E-state index in [1.807, 2.05) is 0 Å². The Morgan fingerprint density at radius 3 is 2.00 bits per heavy atom. The van der Waals surface area contributed by atoms with E-state index in [4.69, 9.17) is 23.2 Å². The highest BCUT2D eigenvalue weighted by atomic mass is 35.5. The summed E-state index contributed by atoms with van der Waals surface area (Å²) in [5, 5.41) is -0.155. The zero-order chi connectivity index (χ0) is 12.5. The molecule has 0 bridgehead atoms. The van der Waals surface area contributed by atoms with Crippen LogP contribution in [-0.2, 0) is 0 Å². The molecule has 2 nitrogen and oxygen atoms in total. The Balaban J connectivity index is 3.45.